The van der Waals surface area contributed by atoms with Crippen LogP contribution < -0.4 is 5.32 Å². The van der Waals surface area contributed by atoms with E-state index >= 15 is 0 Å². The van der Waals surface area contributed by atoms with Crippen molar-refractivity contribution in [2.24, 2.45) is 11.8 Å². The molecule has 0 spiro atoms. The van der Waals surface area contributed by atoms with Gasteiger partial charge in [0, 0.05) is 57.2 Å². The van der Waals surface area contributed by atoms with E-state index in [1.165, 1.54) is 12.1 Å². The number of benzene rings is 1. The summed E-state index contributed by atoms with van der Waals surface area (Å²) >= 11 is 0. The van der Waals surface area contributed by atoms with Gasteiger partial charge in [0.2, 0.25) is 5.92 Å². The van der Waals surface area contributed by atoms with Gasteiger partial charge in [0.15, 0.2) is 11.6 Å². The summed E-state index contributed by atoms with van der Waals surface area (Å²) in [7, 11) is 3.50. The first-order valence-electron chi connectivity index (χ1n) is 13.1. The highest BCUT2D eigenvalue weighted by molar-refractivity contribution is 5.27. The van der Waals surface area contributed by atoms with Gasteiger partial charge in [-0.3, -0.25) is 4.90 Å². The number of alkyl halides is 2. The summed E-state index contributed by atoms with van der Waals surface area (Å²) in [4.78, 5) is 2.33. The molecule has 0 radical (unpaired) electrons. The number of aliphatic hydroxyl groups is 1. The number of likely N-dealkylation sites (tertiary alicyclic amines) is 1. The Hall–Kier alpha value is -1.22. The lowest BCUT2D eigenvalue weighted by molar-refractivity contribution is -0.0743. The quantitative estimate of drug-likeness (QED) is 0.293. The summed E-state index contributed by atoms with van der Waals surface area (Å²) in [6.45, 7) is 2.67. The molecular formula is C27H42F4N2O2. The number of halogens is 4. The van der Waals surface area contributed by atoms with Gasteiger partial charge in [-0.15, -0.1) is 0 Å². The van der Waals surface area contributed by atoms with Gasteiger partial charge in [0.05, 0.1) is 5.60 Å². The molecule has 1 saturated carbocycles. The minimum Gasteiger partial charge on any atom is -0.385 e. The van der Waals surface area contributed by atoms with E-state index < -0.39 is 23.2 Å². The van der Waals surface area contributed by atoms with Crippen LogP contribution in [0.5, 0.6) is 0 Å². The third-order valence-corrected chi connectivity index (χ3v) is 8.10. The van der Waals surface area contributed by atoms with Crippen LogP contribution in [0, 0.1) is 23.5 Å². The fourth-order valence-electron chi connectivity index (χ4n) is 6.08. The van der Waals surface area contributed by atoms with Crippen LogP contribution in [-0.4, -0.2) is 62.4 Å². The summed E-state index contributed by atoms with van der Waals surface area (Å²) in [5.41, 5.74) is -1.46. The number of hydrogen-bond acceptors (Lipinski definition) is 4. The zero-order valence-corrected chi connectivity index (χ0v) is 21.2. The highest BCUT2D eigenvalue weighted by Crippen LogP contribution is 2.43. The Kier molecular flexibility index (Phi) is 10.4. The number of unbranched alkanes of at least 4 members (excludes halogenated alkanes) is 1. The van der Waals surface area contributed by atoms with Gasteiger partial charge in [0.25, 0.3) is 0 Å². The van der Waals surface area contributed by atoms with E-state index in [4.69, 9.17) is 4.74 Å². The summed E-state index contributed by atoms with van der Waals surface area (Å²) in [5.74, 6) is -4.48. The van der Waals surface area contributed by atoms with Crippen LogP contribution >= 0.6 is 0 Å². The standard InChI is InChI=1S/C27H42F4N2O2/c1-32-18-22(17-20-10-13-26(30,31)14-11-20)33-15-6-7-21(19-33)27(34,12-3-4-16-35-2)23-8-5-9-24(28)25(23)29/h5,8-9,20-22,32,34H,3-4,6-7,10-19H2,1-2H3. The predicted molar refractivity (Wildman–Crippen MR) is 130 cm³/mol. The first-order chi connectivity index (χ1) is 16.7. The number of methoxy groups -OCH3 is 1. The van der Waals surface area contributed by atoms with Gasteiger partial charge in [-0.05, 0) is 76.9 Å². The molecule has 35 heavy (non-hydrogen) atoms. The molecule has 1 aromatic rings. The fraction of sp³-hybridized carbons (Fsp3) is 0.778. The second kappa shape index (κ2) is 12.8. The molecule has 0 amide bonds. The average Bonchev–Trinajstić information content (AvgIpc) is 2.84. The number of likely N-dealkylation sites (N-methyl/N-ethyl adjacent to an activating group) is 1. The number of ether oxygens (including phenoxy) is 1. The molecule has 3 rings (SSSR count). The second-order valence-electron chi connectivity index (χ2n) is 10.6. The second-order valence-corrected chi connectivity index (χ2v) is 10.6. The monoisotopic (exact) mass is 502 g/mol. The van der Waals surface area contributed by atoms with Gasteiger partial charge in [-0.1, -0.05) is 12.1 Å². The van der Waals surface area contributed by atoms with E-state index in [-0.39, 0.29) is 36.3 Å². The molecule has 200 valence electrons. The molecule has 0 aromatic heterocycles. The van der Waals surface area contributed by atoms with Crippen LogP contribution in [0.4, 0.5) is 17.6 Å². The summed E-state index contributed by atoms with van der Waals surface area (Å²) < 4.78 is 61.5. The van der Waals surface area contributed by atoms with Gasteiger partial charge >= 0.3 is 0 Å². The zero-order chi connectivity index (χ0) is 25.5. The van der Waals surface area contributed by atoms with E-state index in [2.05, 4.69) is 10.2 Å². The number of hydrogen-bond donors (Lipinski definition) is 2. The van der Waals surface area contributed by atoms with Gasteiger partial charge in [-0.2, -0.15) is 0 Å². The maximum Gasteiger partial charge on any atom is 0.248 e. The number of nitrogens with zero attached hydrogens (tertiary/aromatic N) is 1. The molecule has 2 N–H and O–H groups in total. The average molecular weight is 503 g/mol. The lowest BCUT2D eigenvalue weighted by Gasteiger charge is -2.46. The zero-order valence-electron chi connectivity index (χ0n) is 21.2. The lowest BCUT2D eigenvalue weighted by Crippen LogP contribution is -2.52. The van der Waals surface area contributed by atoms with Crippen molar-refractivity contribution in [1.82, 2.24) is 10.2 Å². The molecular weight excluding hydrogens is 460 g/mol. The third-order valence-electron chi connectivity index (χ3n) is 8.10. The van der Waals surface area contributed by atoms with E-state index in [1.807, 2.05) is 7.05 Å². The SMILES string of the molecule is CNCC(CC1CCC(F)(F)CC1)N1CCCC(C(O)(CCCCOC)c2cccc(F)c2F)C1. The largest absolute Gasteiger partial charge is 0.385 e. The Morgan fingerprint density at radius 3 is 2.63 bits per heavy atom. The maximum atomic E-state index is 14.9. The normalized spacial score (nSPS) is 24.3. The molecule has 8 heteroatoms. The Balaban J connectivity index is 1.77. The smallest absolute Gasteiger partial charge is 0.248 e. The van der Waals surface area contributed by atoms with Crippen molar-refractivity contribution in [2.75, 3.05) is 40.4 Å². The summed E-state index contributed by atoms with van der Waals surface area (Å²) in [6.07, 6.45) is 5.02. The first-order valence-corrected chi connectivity index (χ1v) is 13.1. The number of piperidine rings is 1. The van der Waals surface area contributed by atoms with Crippen LogP contribution in [0.15, 0.2) is 18.2 Å². The Bertz CT molecular complexity index is 786. The van der Waals surface area contributed by atoms with Gasteiger partial charge in [0.1, 0.15) is 0 Å². The lowest BCUT2D eigenvalue weighted by atomic mass is 9.73. The fourth-order valence-corrected chi connectivity index (χ4v) is 6.08. The molecule has 0 bridgehead atoms. The maximum absolute atomic E-state index is 14.9. The molecule has 2 aliphatic rings. The summed E-state index contributed by atoms with van der Waals surface area (Å²) in [5, 5.41) is 15.2. The molecule has 1 heterocycles. The molecule has 3 unspecified atom stereocenters. The van der Waals surface area contributed by atoms with Crippen molar-refractivity contribution >= 4 is 0 Å². The molecule has 1 aliphatic carbocycles. The number of rotatable bonds is 12. The van der Waals surface area contributed by atoms with Crippen molar-refractivity contribution in [2.45, 2.75) is 81.8 Å². The molecule has 1 aromatic carbocycles. The molecule has 4 nitrogen and oxygen atoms in total. The Labute approximate surface area is 207 Å². The highest BCUT2D eigenvalue weighted by atomic mass is 19.3. The topological polar surface area (TPSA) is 44.7 Å². The van der Waals surface area contributed by atoms with E-state index in [1.54, 1.807) is 7.11 Å². The van der Waals surface area contributed by atoms with Crippen LogP contribution in [0.1, 0.15) is 69.8 Å². The van der Waals surface area contributed by atoms with Crippen molar-refractivity contribution in [1.29, 1.82) is 0 Å². The Morgan fingerprint density at radius 2 is 1.94 bits per heavy atom. The van der Waals surface area contributed by atoms with Crippen LogP contribution in [0.25, 0.3) is 0 Å². The van der Waals surface area contributed by atoms with Crippen molar-refractivity contribution < 1.29 is 27.4 Å². The summed E-state index contributed by atoms with van der Waals surface area (Å²) in [6, 6.07) is 4.18. The first kappa shape index (κ1) is 28.4. The molecule has 2 fully saturated rings. The molecule has 1 aliphatic heterocycles. The highest BCUT2D eigenvalue weighted by Gasteiger charge is 2.44. The van der Waals surface area contributed by atoms with E-state index in [9.17, 15) is 22.7 Å². The molecule has 3 atom stereocenters. The van der Waals surface area contributed by atoms with Crippen LogP contribution in [0.3, 0.4) is 0 Å². The van der Waals surface area contributed by atoms with Crippen LogP contribution in [0.2, 0.25) is 0 Å². The minimum atomic E-state index is -2.54. The van der Waals surface area contributed by atoms with E-state index in [0.717, 1.165) is 44.8 Å². The van der Waals surface area contributed by atoms with Gasteiger partial charge < -0.3 is 15.2 Å². The third kappa shape index (κ3) is 7.40. The van der Waals surface area contributed by atoms with Crippen molar-refractivity contribution in [3.8, 4) is 0 Å². The number of nitrogens with one attached hydrogen (secondary N) is 1. The van der Waals surface area contributed by atoms with Crippen LogP contribution in [-0.2, 0) is 10.3 Å². The van der Waals surface area contributed by atoms with Crippen molar-refractivity contribution in [3.63, 3.8) is 0 Å². The van der Waals surface area contributed by atoms with E-state index in [0.29, 0.717) is 38.8 Å². The molecule has 1 saturated heterocycles. The van der Waals surface area contributed by atoms with Crippen molar-refractivity contribution in [3.05, 3.63) is 35.4 Å². The minimum absolute atomic E-state index is 0.0291. The van der Waals surface area contributed by atoms with Gasteiger partial charge in [-0.25, -0.2) is 17.6 Å². The Morgan fingerprint density at radius 1 is 1.20 bits per heavy atom. The predicted octanol–water partition coefficient (Wildman–Crippen LogP) is 5.48.